The highest BCUT2D eigenvalue weighted by atomic mass is 28.4. The van der Waals surface area contributed by atoms with Gasteiger partial charge in [-0.1, -0.05) is 54.6 Å². The van der Waals surface area contributed by atoms with Gasteiger partial charge in [-0.15, -0.1) is 6.58 Å². The molecule has 0 heterocycles. The second-order valence-corrected chi connectivity index (χ2v) is 9.11. The zero-order valence-corrected chi connectivity index (χ0v) is 18.9. The summed E-state index contributed by atoms with van der Waals surface area (Å²) in [5.41, 5.74) is 0.388. The molecule has 3 aromatic rings. The summed E-state index contributed by atoms with van der Waals surface area (Å²) in [7, 11) is -2.41. The van der Waals surface area contributed by atoms with E-state index in [1.165, 1.54) is 0 Å². The SMILES string of the molecule is C=CC[Si](OCC)(OCC)OCC.O=C(O)c1c2ccccc2cc2ccccc12. The van der Waals surface area contributed by atoms with Crippen molar-refractivity contribution in [3.63, 3.8) is 0 Å². The first-order valence-electron chi connectivity index (χ1n) is 10.2. The van der Waals surface area contributed by atoms with Crippen molar-refractivity contribution in [3.8, 4) is 0 Å². The monoisotopic (exact) mass is 426 g/mol. The molecule has 0 aliphatic carbocycles. The number of benzene rings is 3. The molecule has 0 unspecified atom stereocenters. The molecule has 0 bridgehead atoms. The maximum absolute atomic E-state index is 11.4. The third-order valence-corrected chi connectivity index (χ3v) is 7.45. The van der Waals surface area contributed by atoms with Crippen LogP contribution in [-0.4, -0.2) is 39.7 Å². The van der Waals surface area contributed by atoms with E-state index in [0.717, 1.165) is 21.5 Å². The van der Waals surface area contributed by atoms with E-state index in [2.05, 4.69) is 6.58 Å². The van der Waals surface area contributed by atoms with E-state index in [-0.39, 0.29) is 0 Å². The van der Waals surface area contributed by atoms with Crippen molar-refractivity contribution in [1.82, 2.24) is 0 Å². The first-order valence-corrected chi connectivity index (χ1v) is 12.1. The Kier molecular flexibility index (Phi) is 9.20. The summed E-state index contributed by atoms with van der Waals surface area (Å²) < 4.78 is 16.7. The van der Waals surface area contributed by atoms with Crippen molar-refractivity contribution in [3.05, 3.63) is 72.8 Å². The third-order valence-electron chi connectivity index (χ3n) is 4.47. The van der Waals surface area contributed by atoms with Gasteiger partial charge >= 0.3 is 14.8 Å². The highest BCUT2D eigenvalue weighted by Crippen LogP contribution is 2.28. The molecular weight excluding hydrogens is 396 g/mol. The Morgan fingerprint density at radius 2 is 1.33 bits per heavy atom. The van der Waals surface area contributed by atoms with Crippen LogP contribution in [0.4, 0.5) is 0 Å². The highest BCUT2D eigenvalue weighted by Gasteiger charge is 2.38. The normalized spacial score (nSPS) is 11.2. The molecule has 0 atom stereocenters. The zero-order chi connectivity index (χ0) is 22.0. The van der Waals surface area contributed by atoms with Crippen LogP contribution in [0.5, 0.6) is 0 Å². The largest absolute Gasteiger partial charge is 0.504 e. The zero-order valence-electron chi connectivity index (χ0n) is 17.9. The Balaban J connectivity index is 0.000000224. The van der Waals surface area contributed by atoms with E-state index in [1.807, 2.05) is 75.4 Å². The van der Waals surface area contributed by atoms with Crippen LogP contribution in [0.25, 0.3) is 21.5 Å². The van der Waals surface area contributed by atoms with Crippen molar-refractivity contribution in [2.75, 3.05) is 19.8 Å². The molecule has 0 saturated heterocycles. The van der Waals surface area contributed by atoms with Crippen LogP contribution >= 0.6 is 0 Å². The summed E-state index contributed by atoms with van der Waals surface area (Å²) >= 11 is 0. The van der Waals surface area contributed by atoms with Crippen molar-refractivity contribution < 1.29 is 23.2 Å². The van der Waals surface area contributed by atoms with Gasteiger partial charge in [-0.3, -0.25) is 0 Å². The fraction of sp³-hybridized carbons (Fsp3) is 0.292. The number of carboxylic acids is 1. The van der Waals surface area contributed by atoms with Gasteiger partial charge in [0.05, 0.1) is 5.56 Å². The summed E-state index contributed by atoms with van der Waals surface area (Å²) in [6.07, 6.45) is 1.80. The van der Waals surface area contributed by atoms with Gasteiger partial charge < -0.3 is 18.4 Å². The Bertz CT molecular complexity index is 915. The number of rotatable bonds is 9. The molecule has 3 aromatic carbocycles. The van der Waals surface area contributed by atoms with Gasteiger partial charge in [-0.25, -0.2) is 4.79 Å². The Labute approximate surface area is 179 Å². The first kappa shape index (κ1) is 23.8. The van der Waals surface area contributed by atoms with Gasteiger partial charge in [0, 0.05) is 25.9 Å². The first-order chi connectivity index (χ1) is 14.5. The minimum atomic E-state index is -2.41. The van der Waals surface area contributed by atoms with Gasteiger partial charge in [0.1, 0.15) is 0 Å². The quantitative estimate of drug-likeness (QED) is 0.262. The number of fused-ring (bicyclic) bond motifs is 2. The van der Waals surface area contributed by atoms with E-state index in [9.17, 15) is 9.90 Å². The Morgan fingerprint density at radius 3 is 1.70 bits per heavy atom. The molecule has 0 saturated carbocycles. The Hall–Kier alpha value is -2.51. The molecule has 0 spiro atoms. The lowest BCUT2D eigenvalue weighted by molar-refractivity contribution is 0.0699. The van der Waals surface area contributed by atoms with Crippen LogP contribution in [0.1, 0.15) is 31.1 Å². The number of carboxylic acid groups (broad SMARTS) is 1. The molecule has 0 aromatic heterocycles. The molecular formula is C24H30O5Si. The molecule has 6 heteroatoms. The molecule has 30 heavy (non-hydrogen) atoms. The average Bonchev–Trinajstić information content (AvgIpc) is 2.73. The van der Waals surface area contributed by atoms with Gasteiger partial charge in [0.25, 0.3) is 0 Å². The van der Waals surface area contributed by atoms with E-state index in [1.54, 1.807) is 6.08 Å². The molecule has 160 valence electrons. The predicted octanol–water partition coefficient (Wildman–Crippen LogP) is 5.91. The number of carbonyl (C=O) groups is 1. The molecule has 5 nitrogen and oxygen atoms in total. The maximum atomic E-state index is 11.4. The lowest BCUT2D eigenvalue weighted by Crippen LogP contribution is -2.45. The molecule has 0 amide bonds. The van der Waals surface area contributed by atoms with Crippen LogP contribution < -0.4 is 0 Å². The minimum Gasteiger partial charge on any atom is -0.478 e. The minimum absolute atomic E-state index is 0.388. The van der Waals surface area contributed by atoms with Crippen LogP contribution in [0.3, 0.4) is 0 Å². The standard InChI is InChI=1S/C15H10O2.C9H20O3Si/c16-15(17)14-12-7-3-1-5-10(12)9-11-6-2-4-8-13(11)14;1-5-9-13(10-6-2,11-7-3)12-8-4/h1-9H,(H,16,17);5H,1,6-9H2,2-4H3. The van der Waals surface area contributed by atoms with Gasteiger partial charge in [-0.2, -0.15) is 0 Å². The fourth-order valence-electron chi connectivity index (χ4n) is 3.38. The lowest BCUT2D eigenvalue weighted by Gasteiger charge is -2.27. The lowest BCUT2D eigenvalue weighted by atomic mass is 9.97. The van der Waals surface area contributed by atoms with Crippen molar-refractivity contribution in [2.24, 2.45) is 0 Å². The van der Waals surface area contributed by atoms with Gasteiger partial charge in [0.15, 0.2) is 0 Å². The molecule has 0 aliphatic rings. The number of allylic oxidation sites excluding steroid dienone is 1. The average molecular weight is 427 g/mol. The van der Waals surface area contributed by atoms with Crippen molar-refractivity contribution in [2.45, 2.75) is 26.8 Å². The number of hydrogen-bond donors (Lipinski definition) is 1. The van der Waals surface area contributed by atoms with Gasteiger partial charge in [-0.05, 0) is 48.4 Å². The van der Waals surface area contributed by atoms with E-state index >= 15 is 0 Å². The molecule has 0 radical (unpaired) electrons. The van der Waals surface area contributed by atoms with Crippen LogP contribution in [-0.2, 0) is 13.3 Å². The van der Waals surface area contributed by atoms with Crippen LogP contribution in [0.15, 0.2) is 67.3 Å². The third kappa shape index (κ3) is 5.76. The fourth-order valence-corrected chi connectivity index (χ4v) is 5.66. The van der Waals surface area contributed by atoms with Crippen molar-refractivity contribution >= 4 is 36.3 Å². The van der Waals surface area contributed by atoms with Crippen LogP contribution in [0, 0.1) is 0 Å². The second-order valence-electron chi connectivity index (χ2n) is 6.47. The van der Waals surface area contributed by atoms with E-state index in [4.69, 9.17) is 13.3 Å². The molecule has 3 rings (SSSR count). The topological polar surface area (TPSA) is 65.0 Å². The number of aromatic carboxylic acids is 1. The van der Waals surface area contributed by atoms with Crippen LogP contribution in [0.2, 0.25) is 6.04 Å². The molecule has 0 fully saturated rings. The molecule has 0 aliphatic heterocycles. The summed E-state index contributed by atoms with van der Waals surface area (Å²) in [6.45, 7) is 11.4. The maximum Gasteiger partial charge on any atom is 0.504 e. The van der Waals surface area contributed by atoms with Gasteiger partial charge in [0.2, 0.25) is 0 Å². The summed E-state index contributed by atoms with van der Waals surface area (Å²) in [6, 6.07) is 17.9. The summed E-state index contributed by atoms with van der Waals surface area (Å²) in [5, 5.41) is 12.9. The van der Waals surface area contributed by atoms with E-state index < -0.39 is 14.8 Å². The summed E-state index contributed by atoms with van der Waals surface area (Å²) in [5.74, 6) is -0.877. The highest BCUT2D eigenvalue weighted by molar-refractivity contribution is 6.61. The number of hydrogen-bond acceptors (Lipinski definition) is 4. The van der Waals surface area contributed by atoms with E-state index in [0.29, 0.717) is 31.4 Å². The summed E-state index contributed by atoms with van der Waals surface area (Å²) in [4.78, 5) is 11.4. The molecule has 1 N–H and O–H groups in total. The van der Waals surface area contributed by atoms with Crippen molar-refractivity contribution in [1.29, 1.82) is 0 Å². The smallest absolute Gasteiger partial charge is 0.478 e. The Morgan fingerprint density at radius 1 is 0.900 bits per heavy atom. The predicted molar refractivity (Wildman–Crippen MR) is 124 cm³/mol. The second kappa shape index (κ2) is 11.6.